The molecule has 4 nitrogen and oxygen atoms in total. The van der Waals surface area contributed by atoms with Gasteiger partial charge in [-0.05, 0) is 36.2 Å². The van der Waals surface area contributed by atoms with Crippen LogP contribution >= 0.6 is 0 Å². The molecule has 4 N–H and O–H groups in total. The highest BCUT2D eigenvalue weighted by atomic mass is 32.2. The molecule has 0 radical (unpaired) electrons. The minimum absolute atomic E-state index is 0.106. The summed E-state index contributed by atoms with van der Waals surface area (Å²) < 4.78 is 23.1. The lowest BCUT2D eigenvalue weighted by molar-refractivity contribution is 0.598. The molecule has 0 saturated carbocycles. The lowest BCUT2D eigenvalue weighted by Gasteiger charge is -2.09. The van der Waals surface area contributed by atoms with Crippen LogP contribution in [0.5, 0.6) is 0 Å². The molecule has 0 heterocycles. The number of aryl methyl sites for hydroxylation is 1. The standard InChI is InChI=1S/C13H14N2O2S/c1-9-6-10(8-11(14)7-9)12-4-2-3-5-13(12)18(15,16)17/h2-8H,14H2,1H3,(H2,15,16,17). The molecule has 0 unspecified atom stereocenters. The molecule has 2 aromatic rings. The van der Waals surface area contributed by atoms with Crippen LogP contribution in [0, 0.1) is 6.92 Å². The van der Waals surface area contributed by atoms with Gasteiger partial charge >= 0.3 is 0 Å². The largest absolute Gasteiger partial charge is 0.399 e. The van der Waals surface area contributed by atoms with Crippen LogP contribution in [0.15, 0.2) is 47.4 Å². The summed E-state index contributed by atoms with van der Waals surface area (Å²) in [5, 5.41) is 5.21. The summed E-state index contributed by atoms with van der Waals surface area (Å²) in [5.41, 5.74) is 8.65. The van der Waals surface area contributed by atoms with E-state index in [1.54, 1.807) is 24.3 Å². The molecule has 0 atom stereocenters. The Hall–Kier alpha value is -1.85. The van der Waals surface area contributed by atoms with Gasteiger partial charge in [0, 0.05) is 11.3 Å². The number of hydrogen-bond donors (Lipinski definition) is 2. The summed E-state index contributed by atoms with van der Waals surface area (Å²) in [4.78, 5) is 0.106. The molecule has 0 aromatic heterocycles. The minimum Gasteiger partial charge on any atom is -0.399 e. The number of hydrogen-bond acceptors (Lipinski definition) is 3. The highest BCUT2D eigenvalue weighted by Gasteiger charge is 2.14. The predicted molar refractivity (Wildman–Crippen MR) is 72.4 cm³/mol. The van der Waals surface area contributed by atoms with Crippen molar-refractivity contribution in [3.8, 4) is 11.1 Å². The summed E-state index contributed by atoms with van der Waals surface area (Å²) in [6, 6.07) is 12.0. The second-order valence-corrected chi connectivity index (χ2v) is 5.70. The Labute approximate surface area is 106 Å². The molecule has 2 rings (SSSR count). The van der Waals surface area contributed by atoms with E-state index in [0.29, 0.717) is 11.3 Å². The molecular formula is C13H14N2O2S. The molecule has 0 amide bonds. The highest BCUT2D eigenvalue weighted by molar-refractivity contribution is 7.89. The number of benzene rings is 2. The zero-order chi connectivity index (χ0) is 13.3. The molecule has 0 fully saturated rings. The van der Waals surface area contributed by atoms with Crippen LogP contribution in [-0.4, -0.2) is 8.42 Å². The highest BCUT2D eigenvalue weighted by Crippen LogP contribution is 2.28. The van der Waals surface area contributed by atoms with Crippen molar-refractivity contribution in [2.45, 2.75) is 11.8 Å². The molecule has 0 aliphatic carbocycles. The first-order valence-electron chi connectivity index (χ1n) is 5.37. The van der Waals surface area contributed by atoms with Crippen molar-refractivity contribution in [3.63, 3.8) is 0 Å². The third kappa shape index (κ3) is 2.52. The maximum absolute atomic E-state index is 11.5. The lowest BCUT2D eigenvalue weighted by atomic mass is 10.0. The van der Waals surface area contributed by atoms with Gasteiger partial charge in [0.25, 0.3) is 0 Å². The van der Waals surface area contributed by atoms with E-state index >= 15 is 0 Å². The second kappa shape index (κ2) is 4.44. The maximum atomic E-state index is 11.5. The molecule has 18 heavy (non-hydrogen) atoms. The lowest BCUT2D eigenvalue weighted by Crippen LogP contribution is -2.13. The van der Waals surface area contributed by atoms with E-state index in [1.165, 1.54) is 6.07 Å². The van der Waals surface area contributed by atoms with Crippen molar-refractivity contribution in [2.24, 2.45) is 5.14 Å². The molecular weight excluding hydrogens is 248 g/mol. The van der Waals surface area contributed by atoms with Gasteiger partial charge in [0.2, 0.25) is 10.0 Å². The molecule has 0 saturated heterocycles. The predicted octanol–water partition coefficient (Wildman–Crippen LogP) is 1.89. The van der Waals surface area contributed by atoms with Crippen LogP contribution < -0.4 is 10.9 Å². The van der Waals surface area contributed by atoms with Crippen molar-refractivity contribution < 1.29 is 8.42 Å². The van der Waals surface area contributed by atoms with Gasteiger partial charge in [0.1, 0.15) is 0 Å². The number of nitrogen functional groups attached to an aromatic ring is 1. The van der Waals surface area contributed by atoms with Gasteiger partial charge in [0.15, 0.2) is 0 Å². The topological polar surface area (TPSA) is 86.2 Å². The van der Waals surface area contributed by atoms with Crippen LogP contribution in [0.1, 0.15) is 5.56 Å². The van der Waals surface area contributed by atoms with E-state index in [1.807, 2.05) is 19.1 Å². The summed E-state index contributed by atoms with van der Waals surface area (Å²) in [7, 11) is -3.75. The molecule has 5 heteroatoms. The number of nitrogens with two attached hydrogens (primary N) is 2. The van der Waals surface area contributed by atoms with E-state index in [0.717, 1.165) is 11.1 Å². The van der Waals surface area contributed by atoms with Gasteiger partial charge < -0.3 is 5.73 Å². The number of sulfonamides is 1. The zero-order valence-corrected chi connectivity index (χ0v) is 10.7. The minimum atomic E-state index is -3.75. The van der Waals surface area contributed by atoms with Crippen LogP contribution in [0.25, 0.3) is 11.1 Å². The van der Waals surface area contributed by atoms with Crippen molar-refractivity contribution in [2.75, 3.05) is 5.73 Å². The molecule has 0 bridgehead atoms. The van der Waals surface area contributed by atoms with Crippen LogP contribution in [0.2, 0.25) is 0 Å². The van der Waals surface area contributed by atoms with Gasteiger partial charge in [0.05, 0.1) is 4.90 Å². The number of rotatable bonds is 2. The third-order valence-electron chi connectivity index (χ3n) is 2.60. The Bertz CT molecular complexity index is 674. The van der Waals surface area contributed by atoms with Gasteiger partial charge in [-0.3, -0.25) is 0 Å². The molecule has 94 valence electrons. The fraction of sp³-hybridized carbons (Fsp3) is 0.0769. The number of anilines is 1. The van der Waals surface area contributed by atoms with Gasteiger partial charge in [-0.2, -0.15) is 0 Å². The normalized spacial score (nSPS) is 11.4. The van der Waals surface area contributed by atoms with E-state index in [4.69, 9.17) is 10.9 Å². The number of primary sulfonamides is 1. The summed E-state index contributed by atoms with van der Waals surface area (Å²) in [5.74, 6) is 0. The van der Waals surface area contributed by atoms with E-state index in [9.17, 15) is 8.42 Å². The van der Waals surface area contributed by atoms with Crippen molar-refractivity contribution >= 4 is 15.7 Å². The Morgan fingerprint density at radius 2 is 1.72 bits per heavy atom. The van der Waals surface area contributed by atoms with Crippen molar-refractivity contribution in [1.29, 1.82) is 0 Å². The first-order valence-corrected chi connectivity index (χ1v) is 6.92. The monoisotopic (exact) mass is 262 g/mol. The van der Waals surface area contributed by atoms with Crippen molar-refractivity contribution in [1.82, 2.24) is 0 Å². The SMILES string of the molecule is Cc1cc(N)cc(-c2ccccc2S(N)(=O)=O)c1. The Kier molecular flexibility index (Phi) is 3.11. The third-order valence-corrected chi connectivity index (χ3v) is 3.57. The molecule has 0 aliphatic heterocycles. The maximum Gasteiger partial charge on any atom is 0.238 e. The average Bonchev–Trinajstić information content (AvgIpc) is 2.26. The summed E-state index contributed by atoms with van der Waals surface area (Å²) >= 11 is 0. The Balaban J connectivity index is 2.72. The Morgan fingerprint density at radius 1 is 1.06 bits per heavy atom. The van der Waals surface area contributed by atoms with Gasteiger partial charge in [-0.25, -0.2) is 13.6 Å². The van der Waals surface area contributed by atoms with Crippen LogP contribution in [0.4, 0.5) is 5.69 Å². The summed E-state index contributed by atoms with van der Waals surface area (Å²) in [6.07, 6.45) is 0. The molecule has 0 aliphatic rings. The van der Waals surface area contributed by atoms with Gasteiger partial charge in [-0.1, -0.05) is 24.3 Å². The quantitative estimate of drug-likeness (QED) is 0.810. The van der Waals surface area contributed by atoms with Crippen LogP contribution in [0.3, 0.4) is 0 Å². The second-order valence-electron chi connectivity index (χ2n) is 4.17. The van der Waals surface area contributed by atoms with E-state index in [2.05, 4.69) is 0 Å². The smallest absolute Gasteiger partial charge is 0.238 e. The molecule has 0 spiro atoms. The fourth-order valence-corrected chi connectivity index (χ4v) is 2.68. The van der Waals surface area contributed by atoms with E-state index < -0.39 is 10.0 Å². The Morgan fingerprint density at radius 3 is 2.33 bits per heavy atom. The van der Waals surface area contributed by atoms with E-state index in [-0.39, 0.29) is 4.90 Å². The summed E-state index contributed by atoms with van der Waals surface area (Å²) in [6.45, 7) is 1.90. The molecule has 2 aromatic carbocycles. The average molecular weight is 262 g/mol. The van der Waals surface area contributed by atoms with Gasteiger partial charge in [-0.15, -0.1) is 0 Å². The van der Waals surface area contributed by atoms with Crippen molar-refractivity contribution in [3.05, 3.63) is 48.0 Å². The first-order chi connectivity index (χ1) is 8.38. The fourth-order valence-electron chi connectivity index (χ4n) is 1.92. The zero-order valence-electron chi connectivity index (χ0n) is 9.92. The first kappa shape index (κ1) is 12.6. The van der Waals surface area contributed by atoms with Crippen LogP contribution in [-0.2, 0) is 10.0 Å².